The molecule has 17 heavy (non-hydrogen) atoms. The van der Waals surface area contributed by atoms with Crippen molar-refractivity contribution in [3.8, 4) is 5.75 Å². The Hall–Kier alpha value is -1.13. The van der Waals surface area contributed by atoms with Crippen molar-refractivity contribution in [1.82, 2.24) is 10.2 Å². The zero-order valence-electron chi connectivity index (χ0n) is 9.27. The van der Waals surface area contributed by atoms with Gasteiger partial charge in [0.25, 0.3) is 0 Å². The van der Waals surface area contributed by atoms with Gasteiger partial charge in [-0.3, -0.25) is 0 Å². The molecule has 0 atom stereocenters. The van der Waals surface area contributed by atoms with Crippen molar-refractivity contribution in [2.75, 3.05) is 5.88 Å². The summed E-state index contributed by atoms with van der Waals surface area (Å²) in [5.74, 6) is 0.941. The third-order valence-corrected chi connectivity index (χ3v) is 3.55. The Labute approximate surface area is 109 Å². The molecule has 90 valence electrons. The van der Waals surface area contributed by atoms with E-state index in [-0.39, 0.29) is 5.75 Å². The highest BCUT2D eigenvalue weighted by Crippen LogP contribution is 2.18. The van der Waals surface area contributed by atoms with Crippen molar-refractivity contribution in [3.05, 3.63) is 39.8 Å². The molecule has 0 unspecified atom stereocenters. The van der Waals surface area contributed by atoms with E-state index in [1.807, 2.05) is 12.1 Å². The van der Waals surface area contributed by atoms with Gasteiger partial charge in [-0.25, -0.2) is 0 Å². The van der Waals surface area contributed by atoms with Gasteiger partial charge in [0.2, 0.25) is 0 Å². The third-order valence-electron chi connectivity index (χ3n) is 2.30. The normalized spacial score (nSPS) is 10.6. The topological polar surface area (TPSA) is 46.0 Å². The number of aromatic nitrogens is 2. The molecular weight excluding hydrogens is 256 g/mol. The zero-order chi connectivity index (χ0) is 12.1. The van der Waals surface area contributed by atoms with Crippen molar-refractivity contribution in [2.24, 2.45) is 0 Å². The number of aryl methyl sites for hydroxylation is 1. The predicted octanol–water partition coefficient (Wildman–Crippen LogP) is 3.01. The molecule has 1 aromatic carbocycles. The molecule has 2 aromatic rings. The quantitative estimate of drug-likeness (QED) is 0.848. The average molecular weight is 269 g/mol. The third kappa shape index (κ3) is 3.68. The minimum absolute atomic E-state index is 0.286. The van der Waals surface area contributed by atoms with Gasteiger partial charge in [-0.15, -0.1) is 33.1 Å². The molecule has 0 spiro atoms. The summed E-state index contributed by atoms with van der Waals surface area (Å²) in [4.78, 5) is 0. The van der Waals surface area contributed by atoms with Gasteiger partial charge in [0.05, 0.1) is 0 Å². The fourth-order valence-electron chi connectivity index (χ4n) is 1.52. The molecule has 0 saturated heterocycles. The molecule has 0 aliphatic carbocycles. The second kappa shape index (κ2) is 5.98. The summed E-state index contributed by atoms with van der Waals surface area (Å²) in [6.07, 6.45) is 2.54. The lowest BCUT2D eigenvalue weighted by molar-refractivity contribution is 0.474. The van der Waals surface area contributed by atoms with Crippen molar-refractivity contribution in [1.29, 1.82) is 0 Å². The number of nitrogens with zero attached hydrogens (tertiary/aromatic N) is 2. The number of hydrogen-bond donors (Lipinski definition) is 1. The average Bonchev–Trinajstić information content (AvgIpc) is 2.74. The van der Waals surface area contributed by atoms with Crippen LogP contribution in [0.3, 0.4) is 0 Å². The summed E-state index contributed by atoms with van der Waals surface area (Å²) < 4.78 is 0. The van der Waals surface area contributed by atoms with E-state index in [2.05, 4.69) is 10.2 Å². The summed E-state index contributed by atoms with van der Waals surface area (Å²) in [7, 11) is 0. The first-order valence-electron chi connectivity index (χ1n) is 5.43. The molecule has 0 saturated carbocycles. The molecular formula is C12H13ClN2OS. The number of benzene rings is 1. The van der Waals surface area contributed by atoms with Crippen LogP contribution in [-0.2, 0) is 12.8 Å². The van der Waals surface area contributed by atoms with Gasteiger partial charge in [-0.2, -0.15) is 0 Å². The lowest BCUT2D eigenvalue weighted by Crippen LogP contribution is -1.86. The number of hydrogen-bond acceptors (Lipinski definition) is 4. The molecule has 0 aliphatic rings. The maximum Gasteiger partial charge on any atom is 0.121 e. The van der Waals surface area contributed by atoms with Crippen LogP contribution < -0.4 is 0 Å². The molecule has 0 fully saturated rings. The van der Waals surface area contributed by atoms with E-state index in [0.29, 0.717) is 12.3 Å². The maximum absolute atomic E-state index is 9.37. The number of phenols is 1. The van der Waals surface area contributed by atoms with Crippen LogP contribution in [0.15, 0.2) is 24.3 Å². The van der Waals surface area contributed by atoms with Crippen molar-refractivity contribution >= 4 is 22.9 Å². The molecule has 0 radical (unpaired) electrons. The Morgan fingerprint density at radius 1 is 1.24 bits per heavy atom. The van der Waals surface area contributed by atoms with Crippen LogP contribution >= 0.6 is 22.9 Å². The molecule has 5 heteroatoms. The fourth-order valence-corrected chi connectivity index (χ4v) is 2.57. The highest BCUT2D eigenvalue weighted by Gasteiger charge is 2.05. The largest absolute Gasteiger partial charge is 0.508 e. The maximum atomic E-state index is 9.37. The van der Waals surface area contributed by atoms with Crippen molar-refractivity contribution < 1.29 is 5.11 Å². The van der Waals surface area contributed by atoms with Crippen molar-refractivity contribution in [3.63, 3.8) is 0 Å². The lowest BCUT2D eigenvalue weighted by Gasteiger charge is -1.97. The summed E-state index contributed by atoms with van der Waals surface area (Å²) >= 11 is 7.25. The van der Waals surface area contributed by atoms with Crippen LogP contribution in [0.4, 0.5) is 0 Å². The van der Waals surface area contributed by atoms with E-state index in [1.165, 1.54) is 0 Å². The van der Waals surface area contributed by atoms with Gasteiger partial charge >= 0.3 is 0 Å². The number of rotatable bonds is 5. The Morgan fingerprint density at radius 3 is 2.82 bits per heavy atom. The highest BCUT2D eigenvalue weighted by molar-refractivity contribution is 7.11. The highest BCUT2D eigenvalue weighted by atomic mass is 35.5. The van der Waals surface area contributed by atoms with E-state index in [4.69, 9.17) is 11.6 Å². The van der Waals surface area contributed by atoms with E-state index in [0.717, 1.165) is 28.4 Å². The number of halogens is 1. The smallest absolute Gasteiger partial charge is 0.121 e. The summed E-state index contributed by atoms with van der Waals surface area (Å²) in [5.41, 5.74) is 1.05. The molecule has 0 aliphatic heterocycles. The molecule has 1 heterocycles. The predicted molar refractivity (Wildman–Crippen MR) is 69.9 cm³/mol. The standard InChI is InChI=1S/C12H13ClN2OS/c13-6-2-5-11-14-15-12(17-11)8-9-3-1-4-10(16)7-9/h1,3-4,7,16H,2,5-6,8H2. The monoisotopic (exact) mass is 268 g/mol. The van der Waals surface area contributed by atoms with Crippen LogP contribution in [-0.4, -0.2) is 21.2 Å². The van der Waals surface area contributed by atoms with Gasteiger partial charge in [-0.05, 0) is 24.1 Å². The number of aromatic hydroxyl groups is 1. The van der Waals surface area contributed by atoms with E-state index >= 15 is 0 Å². The molecule has 3 nitrogen and oxygen atoms in total. The van der Waals surface area contributed by atoms with Crippen molar-refractivity contribution in [2.45, 2.75) is 19.3 Å². The second-order valence-electron chi connectivity index (χ2n) is 3.73. The molecule has 0 amide bonds. The number of phenolic OH excluding ortho intramolecular Hbond substituents is 1. The first-order valence-corrected chi connectivity index (χ1v) is 6.78. The van der Waals surface area contributed by atoms with E-state index in [1.54, 1.807) is 23.5 Å². The van der Waals surface area contributed by atoms with Crippen LogP contribution in [0, 0.1) is 0 Å². The number of alkyl halides is 1. The van der Waals surface area contributed by atoms with Gasteiger partial charge in [0, 0.05) is 18.7 Å². The first kappa shape index (κ1) is 12.3. The van der Waals surface area contributed by atoms with Gasteiger partial charge in [0.15, 0.2) is 0 Å². The van der Waals surface area contributed by atoms with Gasteiger partial charge in [-0.1, -0.05) is 12.1 Å². The van der Waals surface area contributed by atoms with Crippen LogP contribution in [0.1, 0.15) is 22.0 Å². The van der Waals surface area contributed by atoms with Crippen LogP contribution in [0.5, 0.6) is 5.75 Å². The molecule has 1 aromatic heterocycles. The summed E-state index contributed by atoms with van der Waals surface area (Å²) in [6, 6.07) is 7.22. The van der Waals surface area contributed by atoms with Gasteiger partial charge in [0.1, 0.15) is 15.8 Å². The Morgan fingerprint density at radius 2 is 2.06 bits per heavy atom. The minimum Gasteiger partial charge on any atom is -0.508 e. The molecule has 1 N–H and O–H groups in total. The zero-order valence-corrected chi connectivity index (χ0v) is 10.8. The van der Waals surface area contributed by atoms with Gasteiger partial charge < -0.3 is 5.11 Å². The minimum atomic E-state index is 0.286. The molecule has 0 bridgehead atoms. The second-order valence-corrected chi connectivity index (χ2v) is 5.25. The Bertz CT molecular complexity index is 487. The van der Waals surface area contributed by atoms with E-state index < -0.39 is 0 Å². The SMILES string of the molecule is Oc1cccc(Cc2nnc(CCCCl)s2)c1. The Kier molecular flexibility index (Phi) is 4.34. The lowest BCUT2D eigenvalue weighted by atomic mass is 10.1. The summed E-state index contributed by atoms with van der Waals surface area (Å²) in [6.45, 7) is 0. The summed E-state index contributed by atoms with van der Waals surface area (Å²) in [5, 5.41) is 19.6. The van der Waals surface area contributed by atoms with Crippen LogP contribution in [0.25, 0.3) is 0 Å². The Balaban J connectivity index is 2.01. The fraction of sp³-hybridized carbons (Fsp3) is 0.333. The van der Waals surface area contributed by atoms with Crippen LogP contribution in [0.2, 0.25) is 0 Å². The van der Waals surface area contributed by atoms with E-state index in [9.17, 15) is 5.11 Å². The molecule has 2 rings (SSSR count). The first-order chi connectivity index (χ1) is 8.28.